The van der Waals surface area contributed by atoms with Gasteiger partial charge in [0.05, 0.1) is 12.7 Å². The Bertz CT molecular complexity index is 828. The molecule has 0 saturated heterocycles. The van der Waals surface area contributed by atoms with Crippen molar-refractivity contribution in [3.8, 4) is 0 Å². The van der Waals surface area contributed by atoms with E-state index in [4.69, 9.17) is 0 Å². The van der Waals surface area contributed by atoms with Crippen LogP contribution < -0.4 is 10.6 Å². The Morgan fingerprint density at radius 3 is 2.36 bits per heavy atom. The summed E-state index contributed by atoms with van der Waals surface area (Å²) in [6.45, 7) is 1.78. The number of rotatable bonds is 5. The Balaban J connectivity index is 1.69. The van der Waals surface area contributed by atoms with Gasteiger partial charge in [0, 0.05) is 17.8 Å². The molecule has 0 unspecified atom stereocenters. The molecule has 0 spiro atoms. The lowest BCUT2D eigenvalue weighted by Crippen LogP contribution is -2.21. The quantitative estimate of drug-likeness (QED) is 0.601. The highest BCUT2D eigenvalue weighted by Gasteiger charge is 2.16. The second-order valence-corrected chi connectivity index (χ2v) is 7.04. The standard InChI is InChI=1S/C21H26N4O3/c1-14-22-18(13-19(23-14)24-16-7-5-3-4-6-8-16)20(26)25-17-11-9-15(10-12-17)21(27)28-2/h9-13,16H,3-8H2,1-2H3,(H,25,26)(H,22,23,24). The summed E-state index contributed by atoms with van der Waals surface area (Å²) in [5.74, 6) is 0.495. The smallest absolute Gasteiger partial charge is 0.337 e. The SMILES string of the molecule is COC(=O)c1ccc(NC(=O)c2cc(NC3CCCCCC3)nc(C)n2)cc1. The molecule has 1 amide bonds. The topological polar surface area (TPSA) is 93.2 Å². The number of benzene rings is 1. The highest BCUT2D eigenvalue weighted by atomic mass is 16.5. The van der Waals surface area contributed by atoms with E-state index in [-0.39, 0.29) is 5.91 Å². The van der Waals surface area contributed by atoms with Crippen molar-refractivity contribution < 1.29 is 14.3 Å². The van der Waals surface area contributed by atoms with Crippen LogP contribution in [0.15, 0.2) is 30.3 Å². The van der Waals surface area contributed by atoms with Crippen molar-refractivity contribution in [1.82, 2.24) is 9.97 Å². The van der Waals surface area contributed by atoms with Gasteiger partial charge in [-0.25, -0.2) is 14.8 Å². The average Bonchev–Trinajstić information content (AvgIpc) is 2.96. The Hall–Kier alpha value is -2.96. The summed E-state index contributed by atoms with van der Waals surface area (Å²) >= 11 is 0. The normalized spacial score (nSPS) is 14.8. The number of nitrogens with one attached hydrogen (secondary N) is 2. The van der Waals surface area contributed by atoms with Crippen LogP contribution in [0.4, 0.5) is 11.5 Å². The van der Waals surface area contributed by atoms with Gasteiger partial charge >= 0.3 is 5.97 Å². The van der Waals surface area contributed by atoms with Crippen LogP contribution in [0, 0.1) is 6.92 Å². The molecule has 0 bridgehead atoms. The maximum absolute atomic E-state index is 12.6. The number of ether oxygens (including phenoxy) is 1. The molecule has 7 nitrogen and oxygen atoms in total. The fourth-order valence-corrected chi connectivity index (χ4v) is 3.39. The number of aryl methyl sites for hydroxylation is 1. The van der Waals surface area contributed by atoms with E-state index in [1.54, 1.807) is 37.3 Å². The van der Waals surface area contributed by atoms with E-state index < -0.39 is 5.97 Å². The van der Waals surface area contributed by atoms with Crippen molar-refractivity contribution in [2.75, 3.05) is 17.7 Å². The van der Waals surface area contributed by atoms with Crippen molar-refractivity contribution in [3.63, 3.8) is 0 Å². The van der Waals surface area contributed by atoms with E-state index in [9.17, 15) is 9.59 Å². The molecule has 1 aromatic carbocycles. The molecule has 1 aromatic heterocycles. The third-order valence-corrected chi connectivity index (χ3v) is 4.84. The van der Waals surface area contributed by atoms with Gasteiger partial charge in [0.1, 0.15) is 17.3 Å². The minimum absolute atomic E-state index is 0.306. The van der Waals surface area contributed by atoms with Gasteiger partial charge < -0.3 is 15.4 Å². The molecule has 28 heavy (non-hydrogen) atoms. The molecule has 1 saturated carbocycles. The van der Waals surface area contributed by atoms with Gasteiger partial charge in [0.25, 0.3) is 5.91 Å². The van der Waals surface area contributed by atoms with Crippen molar-refractivity contribution in [3.05, 3.63) is 47.4 Å². The number of anilines is 2. The lowest BCUT2D eigenvalue weighted by Gasteiger charge is -2.17. The molecule has 2 aromatic rings. The predicted molar refractivity (Wildman–Crippen MR) is 108 cm³/mol. The van der Waals surface area contributed by atoms with E-state index in [0.29, 0.717) is 34.6 Å². The number of nitrogens with zero attached hydrogens (tertiary/aromatic N) is 2. The molecule has 3 rings (SSSR count). The van der Waals surface area contributed by atoms with Gasteiger partial charge in [-0.05, 0) is 44.0 Å². The Morgan fingerprint density at radius 2 is 1.71 bits per heavy atom. The van der Waals surface area contributed by atoms with Crippen LogP contribution in [0.1, 0.15) is 65.2 Å². The molecular weight excluding hydrogens is 356 g/mol. The fraction of sp³-hybridized carbons (Fsp3) is 0.429. The lowest BCUT2D eigenvalue weighted by atomic mass is 10.1. The van der Waals surface area contributed by atoms with Crippen molar-refractivity contribution >= 4 is 23.4 Å². The monoisotopic (exact) mass is 382 g/mol. The van der Waals surface area contributed by atoms with E-state index in [2.05, 4.69) is 25.3 Å². The number of amides is 1. The van der Waals surface area contributed by atoms with Gasteiger partial charge in [-0.2, -0.15) is 0 Å². The number of hydrogen-bond acceptors (Lipinski definition) is 6. The van der Waals surface area contributed by atoms with Gasteiger partial charge in [0.2, 0.25) is 0 Å². The predicted octanol–water partition coefficient (Wildman–Crippen LogP) is 3.96. The molecule has 1 aliphatic rings. The van der Waals surface area contributed by atoms with E-state index in [1.165, 1.54) is 32.8 Å². The van der Waals surface area contributed by atoms with E-state index >= 15 is 0 Å². The summed E-state index contributed by atoms with van der Waals surface area (Å²) in [4.78, 5) is 32.8. The zero-order chi connectivity index (χ0) is 19.9. The van der Waals surface area contributed by atoms with E-state index in [0.717, 1.165) is 12.8 Å². The minimum atomic E-state index is -0.418. The van der Waals surface area contributed by atoms with Crippen LogP contribution in [0.25, 0.3) is 0 Å². The number of hydrogen-bond donors (Lipinski definition) is 2. The second kappa shape index (κ2) is 9.30. The number of carbonyl (C=O) groups is 2. The van der Waals surface area contributed by atoms with Gasteiger partial charge in [-0.3, -0.25) is 4.79 Å². The van der Waals surface area contributed by atoms with Gasteiger partial charge in [0.15, 0.2) is 0 Å². The third kappa shape index (κ3) is 5.28. The second-order valence-electron chi connectivity index (χ2n) is 7.04. The molecular formula is C21H26N4O3. The van der Waals surface area contributed by atoms with Crippen LogP contribution in [0.5, 0.6) is 0 Å². The lowest BCUT2D eigenvalue weighted by molar-refractivity contribution is 0.0600. The van der Waals surface area contributed by atoms with Crippen LogP contribution in [0.2, 0.25) is 0 Å². The molecule has 0 radical (unpaired) electrons. The average molecular weight is 382 g/mol. The van der Waals surface area contributed by atoms with Crippen LogP contribution >= 0.6 is 0 Å². The van der Waals surface area contributed by atoms with Crippen LogP contribution in [-0.2, 0) is 4.74 Å². The van der Waals surface area contributed by atoms with Crippen LogP contribution in [-0.4, -0.2) is 35.0 Å². The Labute approximate surface area is 164 Å². The Kier molecular flexibility index (Phi) is 6.57. The summed E-state index contributed by atoms with van der Waals surface area (Å²) in [5.41, 5.74) is 1.31. The molecule has 0 atom stereocenters. The number of esters is 1. The summed E-state index contributed by atoms with van der Waals surface area (Å²) in [7, 11) is 1.33. The summed E-state index contributed by atoms with van der Waals surface area (Å²) < 4.78 is 4.67. The first-order chi connectivity index (χ1) is 13.5. The summed E-state index contributed by atoms with van der Waals surface area (Å²) in [6, 6.07) is 8.60. The first-order valence-electron chi connectivity index (χ1n) is 9.67. The molecule has 1 heterocycles. The highest BCUT2D eigenvalue weighted by molar-refractivity contribution is 6.03. The number of carbonyl (C=O) groups excluding carboxylic acids is 2. The van der Waals surface area contributed by atoms with Crippen molar-refractivity contribution in [2.24, 2.45) is 0 Å². The maximum atomic E-state index is 12.6. The molecule has 1 aliphatic carbocycles. The Morgan fingerprint density at radius 1 is 1.04 bits per heavy atom. The van der Waals surface area contributed by atoms with Crippen molar-refractivity contribution in [2.45, 2.75) is 51.5 Å². The molecule has 2 N–H and O–H groups in total. The maximum Gasteiger partial charge on any atom is 0.337 e. The molecule has 1 fully saturated rings. The number of methoxy groups -OCH3 is 1. The zero-order valence-electron chi connectivity index (χ0n) is 16.3. The van der Waals surface area contributed by atoms with E-state index in [1.807, 2.05) is 0 Å². The zero-order valence-corrected chi connectivity index (χ0v) is 16.3. The molecule has 0 aliphatic heterocycles. The van der Waals surface area contributed by atoms with Gasteiger partial charge in [-0.1, -0.05) is 25.7 Å². The van der Waals surface area contributed by atoms with Crippen LogP contribution in [0.3, 0.4) is 0 Å². The van der Waals surface area contributed by atoms with Crippen molar-refractivity contribution in [1.29, 1.82) is 0 Å². The highest BCUT2D eigenvalue weighted by Crippen LogP contribution is 2.21. The first-order valence-corrected chi connectivity index (χ1v) is 9.67. The third-order valence-electron chi connectivity index (χ3n) is 4.84. The van der Waals surface area contributed by atoms with Gasteiger partial charge in [-0.15, -0.1) is 0 Å². The summed E-state index contributed by atoms with van der Waals surface area (Å²) in [6.07, 6.45) is 7.24. The molecule has 148 valence electrons. The largest absolute Gasteiger partial charge is 0.465 e. The summed E-state index contributed by atoms with van der Waals surface area (Å²) in [5, 5.41) is 6.27. The first kappa shape index (κ1) is 19.8. The fourth-order valence-electron chi connectivity index (χ4n) is 3.39. The number of aromatic nitrogens is 2. The minimum Gasteiger partial charge on any atom is -0.465 e. The molecule has 7 heteroatoms.